The molecule has 0 unspecified atom stereocenters. The number of amides is 3. The van der Waals surface area contributed by atoms with E-state index < -0.39 is 11.7 Å². The summed E-state index contributed by atoms with van der Waals surface area (Å²) in [4.78, 5) is 42.8. The lowest BCUT2D eigenvalue weighted by Crippen LogP contribution is -2.44. The number of methoxy groups -OCH3 is 1. The molecule has 0 spiro atoms. The van der Waals surface area contributed by atoms with Crippen molar-refractivity contribution in [2.75, 3.05) is 67.8 Å². The van der Waals surface area contributed by atoms with Crippen molar-refractivity contribution in [2.24, 2.45) is 0 Å². The van der Waals surface area contributed by atoms with Crippen molar-refractivity contribution in [3.63, 3.8) is 0 Å². The van der Waals surface area contributed by atoms with Gasteiger partial charge in [-0.1, -0.05) is 6.07 Å². The number of carbonyl (C=O) groups is 2. The molecule has 1 saturated heterocycles. The molecule has 0 radical (unpaired) electrons. The number of piperazine rings is 1. The van der Waals surface area contributed by atoms with E-state index in [0.717, 1.165) is 37.4 Å². The summed E-state index contributed by atoms with van der Waals surface area (Å²) in [6, 6.07) is 12.8. The number of carbonyl (C=O) groups excluding carboxylic acids is 2. The highest BCUT2D eigenvalue weighted by atomic mass is 16.6. The van der Waals surface area contributed by atoms with Crippen LogP contribution in [-0.4, -0.2) is 84.9 Å². The van der Waals surface area contributed by atoms with Crippen LogP contribution >= 0.6 is 0 Å². The average Bonchev–Trinajstić information content (AvgIpc) is 2.94. The van der Waals surface area contributed by atoms with E-state index in [1.54, 1.807) is 70.3 Å². The number of nitrogens with zero attached hydrogens (tertiary/aromatic N) is 6. The van der Waals surface area contributed by atoms with Gasteiger partial charge < -0.3 is 29.5 Å². The second kappa shape index (κ2) is 11.7. The summed E-state index contributed by atoms with van der Waals surface area (Å²) >= 11 is 0. The van der Waals surface area contributed by atoms with Crippen LogP contribution in [0.3, 0.4) is 0 Å². The second-order valence-corrected chi connectivity index (χ2v) is 11.5. The largest absolute Gasteiger partial charge is 0.494 e. The van der Waals surface area contributed by atoms with E-state index >= 15 is 0 Å². The van der Waals surface area contributed by atoms with Gasteiger partial charge >= 0.3 is 12.1 Å². The van der Waals surface area contributed by atoms with Crippen molar-refractivity contribution in [3.8, 4) is 5.75 Å². The van der Waals surface area contributed by atoms with Crippen LogP contribution in [-0.2, 0) is 11.3 Å². The normalized spacial score (nSPS) is 15.8. The molecule has 2 aliphatic rings. The summed E-state index contributed by atoms with van der Waals surface area (Å²) in [5, 5.41) is 6.01. The molecule has 3 heterocycles. The minimum absolute atomic E-state index is 0.254. The first kappa shape index (κ1) is 28.9. The van der Waals surface area contributed by atoms with E-state index in [1.165, 1.54) is 4.90 Å². The summed E-state index contributed by atoms with van der Waals surface area (Å²) in [6.45, 7) is 9.68. The van der Waals surface area contributed by atoms with E-state index in [9.17, 15) is 9.59 Å². The number of rotatable bonds is 6. The summed E-state index contributed by atoms with van der Waals surface area (Å²) in [7, 11) is 5.49. The van der Waals surface area contributed by atoms with Crippen molar-refractivity contribution >= 4 is 46.6 Å². The smallest absolute Gasteiger partial charge is 0.412 e. The maximum Gasteiger partial charge on any atom is 0.412 e. The maximum atomic E-state index is 13.4. The Hall–Kier alpha value is -4.58. The number of benzene rings is 2. The molecular formula is C30H38N8O4. The lowest BCUT2D eigenvalue weighted by molar-refractivity contribution is 0.0636. The monoisotopic (exact) mass is 574 g/mol. The van der Waals surface area contributed by atoms with Gasteiger partial charge in [0.05, 0.1) is 25.0 Å². The number of ether oxygens (including phenoxy) is 2. The number of aromatic nitrogens is 2. The molecule has 222 valence electrons. The summed E-state index contributed by atoms with van der Waals surface area (Å²) in [6.07, 6.45) is 1.14. The third-order valence-electron chi connectivity index (χ3n) is 7.03. The van der Waals surface area contributed by atoms with Crippen LogP contribution in [0.1, 0.15) is 26.3 Å². The number of hydrogen-bond acceptors (Lipinski definition) is 9. The Bertz CT molecular complexity index is 1470. The average molecular weight is 575 g/mol. The van der Waals surface area contributed by atoms with E-state index in [1.807, 2.05) is 12.1 Å². The fraction of sp³-hybridized carbons (Fsp3) is 0.400. The van der Waals surface area contributed by atoms with Gasteiger partial charge in [-0.05, 0) is 58.2 Å². The second-order valence-electron chi connectivity index (χ2n) is 11.5. The lowest BCUT2D eigenvalue weighted by atomic mass is 10.2. The van der Waals surface area contributed by atoms with E-state index in [4.69, 9.17) is 14.5 Å². The molecule has 2 N–H and O–H groups in total. The van der Waals surface area contributed by atoms with Crippen LogP contribution in [0.5, 0.6) is 5.75 Å². The summed E-state index contributed by atoms with van der Waals surface area (Å²) in [5.41, 5.74) is 2.98. The van der Waals surface area contributed by atoms with Gasteiger partial charge in [0.25, 0.3) is 0 Å². The van der Waals surface area contributed by atoms with Gasteiger partial charge in [0.2, 0.25) is 5.95 Å². The Kier molecular flexibility index (Phi) is 8.08. The Labute approximate surface area is 246 Å². The van der Waals surface area contributed by atoms with Gasteiger partial charge in [-0.15, -0.1) is 0 Å². The van der Waals surface area contributed by atoms with E-state index in [-0.39, 0.29) is 6.03 Å². The molecule has 3 aromatic rings. The highest BCUT2D eigenvalue weighted by Gasteiger charge is 2.32. The summed E-state index contributed by atoms with van der Waals surface area (Å²) < 4.78 is 11.1. The minimum Gasteiger partial charge on any atom is -0.494 e. The molecular weight excluding hydrogens is 536 g/mol. The highest BCUT2D eigenvalue weighted by molar-refractivity contribution is 6.01. The number of anilines is 6. The number of likely N-dealkylation sites (N-methyl/N-ethyl adjacent to an activating group) is 1. The molecule has 12 nitrogen and oxygen atoms in total. The molecule has 42 heavy (non-hydrogen) atoms. The maximum absolute atomic E-state index is 13.4. The molecule has 2 aromatic carbocycles. The molecule has 0 atom stereocenters. The van der Waals surface area contributed by atoms with Gasteiger partial charge in [-0.25, -0.2) is 19.5 Å². The van der Waals surface area contributed by atoms with Gasteiger partial charge in [0.15, 0.2) is 5.82 Å². The Morgan fingerprint density at radius 2 is 1.76 bits per heavy atom. The minimum atomic E-state index is -0.639. The third-order valence-corrected chi connectivity index (χ3v) is 7.03. The zero-order chi connectivity index (χ0) is 30.0. The van der Waals surface area contributed by atoms with Crippen LogP contribution in [0.15, 0.2) is 48.7 Å². The first-order valence-corrected chi connectivity index (χ1v) is 13.9. The molecule has 1 fully saturated rings. The summed E-state index contributed by atoms with van der Waals surface area (Å²) in [5.74, 6) is 1.45. The van der Waals surface area contributed by atoms with Gasteiger partial charge in [0, 0.05) is 62.4 Å². The molecule has 0 saturated carbocycles. The lowest BCUT2D eigenvalue weighted by Gasteiger charge is -2.34. The third kappa shape index (κ3) is 6.49. The zero-order valence-electron chi connectivity index (χ0n) is 25.0. The van der Waals surface area contributed by atoms with Crippen LogP contribution in [0.4, 0.5) is 44.1 Å². The van der Waals surface area contributed by atoms with Gasteiger partial charge in [-0.3, -0.25) is 5.32 Å². The van der Waals surface area contributed by atoms with E-state index in [0.29, 0.717) is 41.1 Å². The molecule has 3 amide bonds. The molecule has 2 aliphatic heterocycles. The first-order valence-electron chi connectivity index (χ1n) is 13.9. The number of fused-ring (bicyclic) bond motifs is 1. The zero-order valence-corrected chi connectivity index (χ0v) is 25.0. The number of nitrogens with one attached hydrogen (secondary N) is 2. The number of urea groups is 1. The Morgan fingerprint density at radius 1 is 1.00 bits per heavy atom. The van der Waals surface area contributed by atoms with Gasteiger partial charge in [0.1, 0.15) is 11.4 Å². The predicted molar refractivity (Wildman–Crippen MR) is 163 cm³/mol. The molecule has 12 heteroatoms. The van der Waals surface area contributed by atoms with E-state index in [2.05, 4.69) is 38.5 Å². The molecule has 5 rings (SSSR count). The van der Waals surface area contributed by atoms with Crippen LogP contribution in [0, 0.1) is 0 Å². The molecule has 0 bridgehead atoms. The fourth-order valence-corrected chi connectivity index (χ4v) is 4.89. The van der Waals surface area contributed by atoms with Crippen molar-refractivity contribution in [1.29, 1.82) is 0 Å². The van der Waals surface area contributed by atoms with Crippen LogP contribution in [0.25, 0.3) is 0 Å². The Balaban J connectivity index is 1.41. The van der Waals surface area contributed by atoms with Crippen molar-refractivity contribution in [2.45, 2.75) is 32.9 Å². The predicted octanol–water partition coefficient (Wildman–Crippen LogP) is 5.03. The van der Waals surface area contributed by atoms with Crippen LogP contribution < -0.4 is 25.2 Å². The van der Waals surface area contributed by atoms with Gasteiger partial charge in [-0.2, -0.15) is 4.98 Å². The quantitative estimate of drug-likeness (QED) is 0.418. The van der Waals surface area contributed by atoms with Crippen molar-refractivity contribution < 1.29 is 19.1 Å². The number of hydrogen-bond donors (Lipinski definition) is 2. The molecule has 0 aliphatic carbocycles. The first-order chi connectivity index (χ1) is 20.0. The van der Waals surface area contributed by atoms with Crippen molar-refractivity contribution in [1.82, 2.24) is 19.8 Å². The topological polar surface area (TPSA) is 115 Å². The van der Waals surface area contributed by atoms with Crippen LogP contribution in [0.2, 0.25) is 0 Å². The standard InChI is InChI=1S/C30H38N8O4/c1-30(2,3)42-28(39)32-21-8-7-9-23(16-21)38-26-20(19-36(5)29(38)40)18-31-27(34-26)33-24-11-10-22(17-25(24)41-6)37-14-12-35(4)13-15-37/h7-11,16-18H,12-15,19H2,1-6H3,(H,32,39)(H,31,33,34). The molecule has 1 aromatic heterocycles. The fourth-order valence-electron chi connectivity index (χ4n) is 4.89. The van der Waals surface area contributed by atoms with Crippen molar-refractivity contribution in [3.05, 3.63) is 54.2 Å². The Morgan fingerprint density at radius 3 is 2.48 bits per heavy atom. The highest BCUT2D eigenvalue weighted by Crippen LogP contribution is 2.36. The SMILES string of the molecule is COc1cc(N2CCN(C)CC2)ccc1Nc1ncc2c(n1)N(c1cccc(NC(=O)OC(C)(C)C)c1)C(=O)N(C)C2.